The maximum atomic E-state index is 5.97. The zero-order chi connectivity index (χ0) is 17.1. The molecule has 24 heavy (non-hydrogen) atoms. The number of thiophene rings is 1. The third-order valence-electron chi connectivity index (χ3n) is 3.30. The predicted molar refractivity (Wildman–Crippen MR) is 101 cm³/mol. The highest BCUT2D eigenvalue weighted by molar-refractivity contribution is 7.71. The van der Waals surface area contributed by atoms with Gasteiger partial charge in [0.05, 0.1) is 11.0 Å². The zero-order valence-corrected chi connectivity index (χ0v) is 15.7. The summed E-state index contributed by atoms with van der Waals surface area (Å²) < 4.78 is 8.65. The van der Waals surface area contributed by atoms with Crippen LogP contribution in [0.5, 0.6) is 0 Å². The number of aryl methyl sites for hydroxylation is 1. The molecule has 0 aliphatic carbocycles. The number of nitrogens with one attached hydrogen (secondary N) is 1. The number of aromatic amines is 1. The fraction of sp³-hybridized carbons (Fsp3) is 0.250. The number of aromatic nitrogens is 3. The molecule has 0 aliphatic heterocycles. The number of furan rings is 1. The van der Waals surface area contributed by atoms with Crippen molar-refractivity contribution in [3.8, 4) is 0 Å². The molecule has 0 aromatic carbocycles. The van der Waals surface area contributed by atoms with Crippen LogP contribution in [0.2, 0.25) is 4.34 Å². The molecule has 3 aromatic rings. The molecule has 1 N–H and O–H groups in total. The summed E-state index contributed by atoms with van der Waals surface area (Å²) in [7, 11) is 2.03. The summed E-state index contributed by atoms with van der Waals surface area (Å²) in [5, 5.41) is 3.19. The number of H-pyrrole nitrogens is 1. The first-order chi connectivity index (χ1) is 11.5. The summed E-state index contributed by atoms with van der Waals surface area (Å²) in [4.78, 5) is 7.69. The van der Waals surface area contributed by atoms with Crippen LogP contribution in [-0.2, 0) is 13.2 Å². The Morgan fingerprint density at radius 3 is 2.88 bits per heavy atom. The van der Waals surface area contributed by atoms with Gasteiger partial charge in [-0.1, -0.05) is 11.6 Å². The fourth-order valence-corrected chi connectivity index (χ4v) is 3.61. The van der Waals surface area contributed by atoms with Gasteiger partial charge in [0.15, 0.2) is 0 Å². The Balaban J connectivity index is 1.65. The van der Waals surface area contributed by atoms with Crippen LogP contribution in [0, 0.1) is 11.7 Å². The van der Waals surface area contributed by atoms with Crippen LogP contribution < -0.4 is 0 Å². The molecule has 0 saturated heterocycles. The van der Waals surface area contributed by atoms with E-state index in [2.05, 4.69) is 15.0 Å². The van der Waals surface area contributed by atoms with Crippen LogP contribution in [0.15, 0.2) is 28.7 Å². The first-order valence-corrected chi connectivity index (χ1v) is 8.94. The Kier molecular flexibility index (Phi) is 5.35. The van der Waals surface area contributed by atoms with E-state index in [9.17, 15) is 0 Å². The Morgan fingerprint density at radius 1 is 1.38 bits per heavy atom. The Morgan fingerprint density at radius 2 is 2.21 bits per heavy atom. The molecule has 0 saturated carbocycles. The lowest BCUT2D eigenvalue weighted by Crippen LogP contribution is -2.22. The Labute approximate surface area is 154 Å². The summed E-state index contributed by atoms with van der Waals surface area (Å²) >= 11 is 12.9. The van der Waals surface area contributed by atoms with Crippen molar-refractivity contribution < 1.29 is 4.42 Å². The third kappa shape index (κ3) is 4.45. The molecule has 126 valence electrons. The lowest BCUT2D eigenvalue weighted by Gasteiger charge is -2.15. The highest BCUT2D eigenvalue weighted by atomic mass is 35.5. The average molecular weight is 381 g/mol. The van der Waals surface area contributed by atoms with E-state index < -0.39 is 0 Å². The van der Waals surface area contributed by atoms with Crippen molar-refractivity contribution in [2.75, 3.05) is 7.05 Å². The molecule has 0 unspecified atom stereocenters. The van der Waals surface area contributed by atoms with E-state index in [0.717, 1.165) is 22.4 Å². The van der Waals surface area contributed by atoms with Crippen molar-refractivity contribution in [3.05, 3.63) is 55.6 Å². The summed E-state index contributed by atoms with van der Waals surface area (Å²) in [5.74, 6) is 2.36. The lowest BCUT2D eigenvalue weighted by atomic mass is 10.4. The van der Waals surface area contributed by atoms with E-state index >= 15 is 0 Å². The number of hydrogen-bond acceptors (Lipinski definition) is 5. The number of nitrogens with zero attached hydrogens (tertiary/aromatic N) is 3. The summed E-state index contributed by atoms with van der Waals surface area (Å²) in [6.45, 7) is 3.33. The number of halogens is 1. The minimum atomic E-state index is 0.515. The second kappa shape index (κ2) is 7.48. The van der Waals surface area contributed by atoms with Crippen LogP contribution in [0.1, 0.15) is 22.2 Å². The van der Waals surface area contributed by atoms with Crippen LogP contribution >= 0.6 is 35.2 Å². The van der Waals surface area contributed by atoms with Crippen molar-refractivity contribution in [2.24, 2.45) is 0 Å². The normalized spacial score (nSPS) is 11.8. The molecule has 3 aromatic heterocycles. The highest BCUT2D eigenvalue weighted by Gasteiger charge is 2.06. The van der Waals surface area contributed by atoms with Gasteiger partial charge < -0.3 is 4.42 Å². The SMILES string of the molecule is Cc1ccc(/C=C/c2nc(=S)n(CN(C)Cc3ccc(Cl)s3)[nH]2)o1. The van der Waals surface area contributed by atoms with Crippen molar-refractivity contribution in [1.82, 2.24) is 19.7 Å². The summed E-state index contributed by atoms with van der Waals surface area (Å²) in [5.41, 5.74) is 0. The standard InChI is InChI=1S/C16H17ClN4OS2/c1-11-3-4-12(22-11)5-8-15-18-16(23)21(19-15)10-20(2)9-13-6-7-14(17)24-13/h3-8H,9-10H2,1-2H3,(H,18,19,23)/b8-5+. The molecule has 0 fully saturated rings. The maximum absolute atomic E-state index is 5.97. The van der Waals surface area contributed by atoms with E-state index in [1.807, 2.05) is 55.1 Å². The zero-order valence-electron chi connectivity index (χ0n) is 13.3. The molecule has 0 spiro atoms. The Bertz CT molecular complexity index is 905. The molecule has 0 amide bonds. The molecule has 0 bridgehead atoms. The topological polar surface area (TPSA) is 50.0 Å². The van der Waals surface area contributed by atoms with Gasteiger partial charge in [-0.2, -0.15) is 4.98 Å². The van der Waals surface area contributed by atoms with Crippen molar-refractivity contribution >= 4 is 47.3 Å². The maximum Gasteiger partial charge on any atom is 0.217 e. The quantitative estimate of drug-likeness (QED) is 0.623. The second-order valence-electron chi connectivity index (χ2n) is 5.46. The largest absolute Gasteiger partial charge is 0.462 e. The monoisotopic (exact) mass is 380 g/mol. The third-order valence-corrected chi connectivity index (χ3v) is 4.83. The van der Waals surface area contributed by atoms with E-state index in [1.54, 1.807) is 11.3 Å². The van der Waals surface area contributed by atoms with E-state index in [1.165, 1.54) is 4.88 Å². The van der Waals surface area contributed by atoms with Gasteiger partial charge in [0.25, 0.3) is 0 Å². The molecule has 0 aliphatic rings. The summed E-state index contributed by atoms with van der Waals surface area (Å²) in [6.07, 6.45) is 3.71. The first-order valence-electron chi connectivity index (χ1n) is 7.34. The summed E-state index contributed by atoms with van der Waals surface area (Å²) in [6, 6.07) is 7.79. The van der Waals surface area contributed by atoms with Gasteiger partial charge in [-0.3, -0.25) is 10.00 Å². The molecule has 3 heterocycles. The van der Waals surface area contributed by atoms with Gasteiger partial charge in [-0.25, -0.2) is 4.68 Å². The second-order valence-corrected chi connectivity index (χ2v) is 7.63. The molecule has 0 radical (unpaired) electrons. The van der Waals surface area contributed by atoms with Crippen LogP contribution in [-0.4, -0.2) is 26.7 Å². The minimum Gasteiger partial charge on any atom is -0.462 e. The van der Waals surface area contributed by atoms with Gasteiger partial charge in [-0.15, -0.1) is 11.3 Å². The minimum absolute atomic E-state index is 0.515. The van der Waals surface area contributed by atoms with Crippen LogP contribution in [0.25, 0.3) is 12.2 Å². The van der Waals surface area contributed by atoms with Gasteiger partial charge >= 0.3 is 0 Å². The number of hydrogen-bond donors (Lipinski definition) is 1. The van der Waals surface area contributed by atoms with Gasteiger partial charge in [-0.05, 0) is 62.6 Å². The molecule has 8 heteroatoms. The van der Waals surface area contributed by atoms with Crippen molar-refractivity contribution in [3.63, 3.8) is 0 Å². The fourth-order valence-electron chi connectivity index (χ4n) is 2.24. The average Bonchev–Trinajstić information content (AvgIpc) is 3.20. The number of rotatable bonds is 6. The molecule has 0 atom stereocenters. The van der Waals surface area contributed by atoms with Gasteiger partial charge in [0.2, 0.25) is 4.77 Å². The van der Waals surface area contributed by atoms with Crippen LogP contribution in [0.4, 0.5) is 0 Å². The van der Waals surface area contributed by atoms with Gasteiger partial charge in [0, 0.05) is 11.4 Å². The molecular weight excluding hydrogens is 364 g/mol. The van der Waals surface area contributed by atoms with Crippen molar-refractivity contribution in [2.45, 2.75) is 20.1 Å². The molecule has 5 nitrogen and oxygen atoms in total. The van der Waals surface area contributed by atoms with Crippen molar-refractivity contribution in [1.29, 1.82) is 0 Å². The molecular formula is C16H17ClN4OS2. The van der Waals surface area contributed by atoms with E-state index in [0.29, 0.717) is 17.3 Å². The predicted octanol–water partition coefficient (Wildman–Crippen LogP) is 4.82. The first kappa shape index (κ1) is 17.2. The van der Waals surface area contributed by atoms with E-state index in [-0.39, 0.29) is 0 Å². The highest BCUT2D eigenvalue weighted by Crippen LogP contribution is 2.22. The van der Waals surface area contributed by atoms with Crippen LogP contribution in [0.3, 0.4) is 0 Å². The van der Waals surface area contributed by atoms with Gasteiger partial charge in [0.1, 0.15) is 17.3 Å². The Hall–Kier alpha value is -1.67. The lowest BCUT2D eigenvalue weighted by molar-refractivity contribution is 0.246. The molecule has 3 rings (SSSR count). The van der Waals surface area contributed by atoms with E-state index in [4.69, 9.17) is 28.2 Å². The smallest absolute Gasteiger partial charge is 0.217 e.